The van der Waals surface area contributed by atoms with Gasteiger partial charge in [0.05, 0.1) is 6.61 Å². The van der Waals surface area contributed by atoms with Gasteiger partial charge in [-0.3, -0.25) is 4.79 Å². The predicted octanol–water partition coefficient (Wildman–Crippen LogP) is 2.16. The van der Waals surface area contributed by atoms with Crippen LogP contribution in [0.3, 0.4) is 0 Å². The second-order valence-corrected chi connectivity index (χ2v) is 3.97. The van der Waals surface area contributed by atoms with E-state index in [0.29, 0.717) is 13.0 Å². The van der Waals surface area contributed by atoms with Gasteiger partial charge in [0.15, 0.2) is 0 Å². The lowest BCUT2D eigenvalue weighted by Gasteiger charge is -2.07. The summed E-state index contributed by atoms with van der Waals surface area (Å²) in [7, 11) is 1.70. The molecule has 0 bridgehead atoms. The Morgan fingerprint density at radius 2 is 2.24 bits per heavy atom. The topological polar surface area (TPSA) is 43.3 Å². The third-order valence-corrected chi connectivity index (χ3v) is 2.85. The molecule has 1 aromatic heterocycles. The standard InChI is InChI=1S/C13H16N2O2/c1-10-7-11-8-12(14-9-16)3-4-13(11)15(10)5-6-17-2/h3-4,7-9H,5-6H2,1-2H3,(H,14,16). The molecule has 4 nitrogen and oxygen atoms in total. The summed E-state index contributed by atoms with van der Waals surface area (Å²) in [5.41, 5.74) is 3.17. The average molecular weight is 232 g/mol. The number of aromatic nitrogens is 1. The molecule has 2 rings (SSSR count). The predicted molar refractivity (Wildman–Crippen MR) is 68.2 cm³/mol. The second-order valence-electron chi connectivity index (χ2n) is 3.97. The fourth-order valence-electron chi connectivity index (χ4n) is 2.05. The number of carbonyl (C=O) groups excluding carboxylic acids is 1. The first-order chi connectivity index (χ1) is 8.26. The highest BCUT2D eigenvalue weighted by molar-refractivity contribution is 5.87. The molecule has 90 valence electrons. The summed E-state index contributed by atoms with van der Waals surface area (Å²) in [6.45, 7) is 3.60. The van der Waals surface area contributed by atoms with E-state index in [9.17, 15) is 4.79 Å². The molecule has 0 atom stereocenters. The molecule has 0 saturated heterocycles. The third kappa shape index (κ3) is 2.31. The van der Waals surface area contributed by atoms with Crippen molar-refractivity contribution in [3.63, 3.8) is 0 Å². The van der Waals surface area contributed by atoms with Crippen molar-refractivity contribution >= 4 is 23.0 Å². The van der Waals surface area contributed by atoms with Crippen molar-refractivity contribution < 1.29 is 9.53 Å². The number of nitrogens with one attached hydrogen (secondary N) is 1. The first-order valence-corrected chi connectivity index (χ1v) is 5.55. The quantitative estimate of drug-likeness (QED) is 0.803. The van der Waals surface area contributed by atoms with Gasteiger partial charge in [0.2, 0.25) is 6.41 Å². The Morgan fingerprint density at radius 1 is 1.41 bits per heavy atom. The van der Waals surface area contributed by atoms with Gasteiger partial charge in [0.25, 0.3) is 0 Å². The van der Waals surface area contributed by atoms with Crippen LogP contribution in [0.1, 0.15) is 5.69 Å². The smallest absolute Gasteiger partial charge is 0.211 e. The van der Waals surface area contributed by atoms with E-state index in [1.807, 2.05) is 18.2 Å². The van der Waals surface area contributed by atoms with E-state index < -0.39 is 0 Å². The molecule has 0 unspecified atom stereocenters. The molecule has 1 N–H and O–H groups in total. The Hall–Kier alpha value is -1.81. The number of carbonyl (C=O) groups is 1. The number of benzene rings is 1. The molecule has 17 heavy (non-hydrogen) atoms. The van der Waals surface area contributed by atoms with Crippen molar-refractivity contribution in [1.29, 1.82) is 0 Å². The molecule has 1 aromatic carbocycles. The highest BCUT2D eigenvalue weighted by atomic mass is 16.5. The van der Waals surface area contributed by atoms with Gasteiger partial charge in [-0.2, -0.15) is 0 Å². The lowest BCUT2D eigenvalue weighted by Crippen LogP contribution is -2.05. The Labute approximate surface area is 100 Å². The minimum absolute atomic E-state index is 0.690. The van der Waals surface area contributed by atoms with Crippen molar-refractivity contribution in [3.8, 4) is 0 Å². The van der Waals surface area contributed by atoms with E-state index in [1.165, 1.54) is 5.69 Å². The summed E-state index contributed by atoms with van der Waals surface area (Å²) in [5.74, 6) is 0. The largest absolute Gasteiger partial charge is 0.383 e. The normalized spacial score (nSPS) is 10.7. The number of anilines is 1. The molecular formula is C13H16N2O2. The Kier molecular flexibility index (Phi) is 3.44. The monoisotopic (exact) mass is 232 g/mol. The summed E-state index contributed by atoms with van der Waals surface area (Å²) in [4.78, 5) is 10.4. The zero-order valence-electron chi connectivity index (χ0n) is 10.1. The van der Waals surface area contributed by atoms with Gasteiger partial charge in [-0.25, -0.2) is 0 Å². The van der Waals surface area contributed by atoms with Crippen LogP contribution in [0.5, 0.6) is 0 Å². The number of hydrogen-bond donors (Lipinski definition) is 1. The summed E-state index contributed by atoms with van der Waals surface area (Å²) in [6.07, 6.45) is 0.690. The number of amides is 1. The van der Waals surface area contributed by atoms with Gasteiger partial charge >= 0.3 is 0 Å². The zero-order valence-corrected chi connectivity index (χ0v) is 10.1. The maximum atomic E-state index is 10.4. The van der Waals surface area contributed by atoms with E-state index in [1.54, 1.807) is 7.11 Å². The summed E-state index contributed by atoms with van der Waals surface area (Å²) < 4.78 is 7.31. The van der Waals surface area contributed by atoms with Gasteiger partial charge in [0, 0.05) is 35.9 Å². The summed E-state index contributed by atoms with van der Waals surface area (Å²) in [5, 5.41) is 3.79. The van der Waals surface area contributed by atoms with Crippen molar-refractivity contribution in [2.45, 2.75) is 13.5 Å². The van der Waals surface area contributed by atoms with Gasteiger partial charge in [-0.05, 0) is 31.2 Å². The number of hydrogen-bond acceptors (Lipinski definition) is 2. The van der Waals surface area contributed by atoms with Gasteiger partial charge in [-0.1, -0.05) is 0 Å². The van der Waals surface area contributed by atoms with Crippen molar-refractivity contribution in [1.82, 2.24) is 4.57 Å². The molecular weight excluding hydrogens is 216 g/mol. The third-order valence-electron chi connectivity index (χ3n) is 2.85. The molecule has 0 aliphatic rings. The summed E-state index contributed by atoms with van der Waals surface area (Å²) in [6, 6.07) is 8.00. The Morgan fingerprint density at radius 3 is 2.94 bits per heavy atom. The highest BCUT2D eigenvalue weighted by Gasteiger charge is 2.05. The lowest BCUT2D eigenvalue weighted by molar-refractivity contribution is -0.105. The van der Waals surface area contributed by atoms with E-state index >= 15 is 0 Å². The zero-order chi connectivity index (χ0) is 12.3. The van der Waals surface area contributed by atoms with E-state index in [0.717, 1.165) is 23.1 Å². The Bertz CT molecular complexity index is 531. The van der Waals surface area contributed by atoms with Crippen LogP contribution in [0.15, 0.2) is 24.3 Å². The van der Waals surface area contributed by atoms with Gasteiger partial charge < -0.3 is 14.6 Å². The fraction of sp³-hybridized carbons (Fsp3) is 0.308. The number of nitrogens with zero attached hydrogens (tertiary/aromatic N) is 1. The average Bonchev–Trinajstić information content (AvgIpc) is 2.62. The molecule has 4 heteroatoms. The maximum absolute atomic E-state index is 10.4. The highest BCUT2D eigenvalue weighted by Crippen LogP contribution is 2.23. The molecule has 1 amide bonds. The van der Waals surface area contributed by atoms with Crippen LogP contribution in [0.4, 0.5) is 5.69 Å². The molecule has 1 heterocycles. The first-order valence-electron chi connectivity index (χ1n) is 5.55. The number of rotatable bonds is 5. The molecule has 0 radical (unpaired) electrons. The van der Waals surface area contributed by atoms with Crippen LogP contribution in [0, 0.1) is 6.92 Å². The lowest BCUT2D eigenvalue weighted by atomic mass is 10.2. The SMILES string of the molecule is COCCn1c(C)cc2cc(NC=O)ccc21. The minimum atomic E-state index is 0.690. The number of methoxy groups -OCH3 is 1. The minimum Gasteiger partial charge on any atom is -0.383 e. The first kappa shape index (κ1) is 11.7. The van der Waals surface area contributed by atoms with E-state index in [2.05, 4.69) is 22.9 Å². The molecule has 0 spiro atoms. The molecule has 0 fully saturated rings. The van der Waals surface area contributed by atoms with Crippen LogP contribution in [-0.2, 0) is 16.1 Å². The van der Waals surface area contributed by atoms with E-state index in [4.69, 9.17) is 4.74 Å². The second kappa shape index (κ2) is 5.01. The number of fused-ring (bicyclic) bond motifs is 1. The molecule has 0 saturated carbocycles. The molecule has 2 aromatic rings. The van der Waals surface area contributed by atoms with Crippen molar-refractivity contribution in [2.75, 3.05) is 19.0 Å². The van der Waals surface area contributed by atoms with Crippen LogP contribution < -0.4 is 5.32 Å². The molecule has 0 aliphatic carbocycles. The number of ether oxygens (including phenoxy) is 1. The molecule has 0 aliphatic heterocycles. The Balaban J connectivity index is 2.41. The van der Waals surface area contributed by atoms with E-state index in [-0.39, 0.29) is 0 Å². The van der Waals surface area contributed by atoms with Crippen LogP contribution in [-0.4, -0.2) is 24.7 Å². The fourth-order valence-corrected chi connectivity index (χ4v) is 2.05. The van der Waals surface area contributed by atoms with Crippen molar-refractivity contribution in [2.24, 2.45) is 0 Å². The van der Waals surface area contributed by atoms with Crippen LogP contribution in [0.2, 0.25) is 0 Å². The summed E-state index contributed by atoms with van der Waals surface area (Å²) >= 11 is 0. The maximum Gasteiger partial charge on any atom is 0.211 e. The van der Waals surface area contributed by atoms with Gasteiger partial charge in [-0.15, -0.1) is 0 Å². The van der Waals surface area contributed by atoms with Crippen LogP contribution in [0.25, 0.3) is 10.9 Å². The van der Waals surface area contributed by atoms with Gasteiger partial charge in [0.1, 0.15) is 0 Å². The van der Waals surface area contributed by atoms with Crippen molar-refractivity contribution in [3.05, 3.63) is 30.0 Å². The number of aryl methyl sites for hydroxylation is 1. The van der Waals surface area contributed by atoms with Crippen LogP contribution >= 0.6 is 0 Å².